The van der Waals surface area contributed by atoms with Crippen molar-refractivity contribution in [2.75, 3.05) is 11.9 Å². The van der Waals surface area contributed by atoms with Gasteiger partial charge in [-0.05, 0) is 73.2 Å². The van der Waals surface area contributed by atoms with Gasteiger partial charge in [-0.3, -0.25) is 14.4 Å². The monoisotopic (exact) mass is 718 g/mol. The quantitative estimate of drug-likeness (QED) is 0.144. The lowest BCUT2D eigenvalue weighted by molar-refractivity contribution is -0.141. The van der Waals surface area contributed by atoms with Gasteiger partial charge in [0, 0.05) is 17.8 Å². The van der Waals surface area contributed by atoms with Gasteiger partial charge in [-0.2, -0.15) is 0 Å². The zero-order chi connectivity index (χ0) is 36.9. The number of oxazole rings is 1. The molecule has 51 heavy (non-hydrogen) atoms. The fourth-order valence-corrected chi connectivity index (χ4v) is 6.83. The largest absolute Gasteiger partial charge is 0.438 e. The van der Waals surface area contributed by atoms with Crippen LogP contribution >= 0.6 is 0 Å². The molecule has 1 aliphatic rings. The highest BCUT2D eigenvalue weighted by Crippen LogP contribution is 2.27. The number of aromatic nitrogens is 1. The van der Waals surface area contributed by atoms with Crippen LogP contribution < -0.4 is 20.7 Å². The third-order valence-corrected chi connectivity index (χ3v) is 10.0. The number of likely N-dealkylation sites (tertiary alicyclic amines) is 1. The van der Waals surface area contributed by atoms with Gasteiger partial charge in [0.2, 0.25) is 17.7 Å². The van der Waals surface area contributed by atoms with Crippen molar-refractivity contribution in [1.82, 2.24) is 25.2 Å². The van der Waals surface area contributed by atoms with Gasteiger partial charge in [-0.25, -0.2) is 22.9 Å². The Bertz CT molecular complexity index is 1950. The summed E-state index contributed by atoms with van der Waals surface area (Å²) < 4.78 is 32.5. The highest BCUT2D eigenvalue weighted by atomic mass is 32.2. The number of carbonyl (C=O) groups excluding carboxylic acids is 4. The number of nitrogens with one attached hydrogen (secondary N) is 4. The fraction of sp³-hybridized carbons (Fsp3) is 0.361. The van der Waals surface area contributed by atoms with Crippen LogP contribution in [0.3, 0.4) is 0 Å². The van der Waals surface area contributed by atoms with Crippen LogP contribution in [-0.2, 0) is 19.6 Å². The fourth-order valence-electron chi connectivity index (χ4n) is 5.90. The third kappa shape index (κ3) is 8.72. The molecule has 270 valence electrons. The summed E-state index contributed by atoms with van der Waals surface area (Å²) in [6, 6.07) is 16.8. The van der Waals surface area contributed by atoms with Gasteiger partial charge in [0.1, 0.15) is 17.6 Å². The van der Waals surface area contributed by atoms with Crippen molar-refractivity contribution in [3.8, 4) is 0 Å². The van der Waals surface area contributed by atoms with Gasteiger partial charge in [0.05, 0.1) is 10.9 Å². The summed E-state index contributed by atoms with van der Waals surface area (Å²) in [4.78, 5) is 59.0. The van der Waals surface area contributed by atoms with E-state index in [1.165, 1.54) is 53.4 Å². The van der Waals surface area contributed by atoms with E-state index in [0.717, 1.165) is 0 Å². The molecule has 15 heteroatoms. The second-order valence-corrected chi connectivity index (χ2v) is 14.8. The van der Waals surface area contributed by atoms with E-state index in [4.69, 9.17) is 4.42 Å². The van der Waals surface area contributed by atoms with E-state index in [9.17, 15) is 32.7 Å². The Morgan fingerprint density at radius 2 is 1.55 bits per heavy atom. The lowest BCUT2D eigenvalue weighted by Gasteiger charge is -2.32. The molecule has 5 N–H and O–H groups in total. The molecule has 14 nitrogen and oxygen atoms in total. The van der Waals surface area contributed by atoms with Crippen molar-refractivity contribution in [1.29, 1.82) is 0 Å². The lowest BCUT2D eigenvalue weighted by Crippen LogP contribution is -2.56. The standard InChI is InChI=1S/C36H42N6O8S/c1-21(2)29(31(43)34-38-26-13-8-9-15-28(26)50-34)39-33(45)27-14-10-20-42(27)35(46)30(22(3)4)40-32(44)23-16-18-24(19-17-23)37-36(47)41-51(48,49)25-11-6-5-7-12-25/h5-9,11-13,15-19,21-22,27,29-31,43H,10,14,20H2,1-4H3,(H,39,45)(H,40,44)(H2,37,41,47)/t27-,29-,30-,31?/m0/s1. The summed E-state index contributed by atoms with van der Waals surface area (Å²) >= 11 is 0. The van der Waals surface area contributed by atoms with E-state index in [1.807, 2.05) is 24.6 Å². The molecule has 1 unspecified atom stereocenters. The zero-order valence-electron chi connectivity index (χ0n) is 28.7. The van der Waals surface area contributed by atoms with Crippen molar-refractivity contribution >= 4 is 50.6 Å². The molecule has 4 aromatic rings. The average Bonchev–Trinajstić information content (AvgIpc) is 3.77. The highest BCUT2D eigenvalue weighted by Gasteiger charge is 2.40. The Morgan fingerprint density at radius 3 is 2.20 bits per heavy atom. The minimum atomic E-state index is -4.08. The van der Waals surface area contributed by atoms with Gasteiger partial charge in [-0.1, -0.05) is 58.0 Å². The molecule has 0 radical (unpaired) electrons. The maximum atomic E-state index is 13.9. The Balaban J connectivity index is 1.21. The van der Waals surface area contributed by atoms with Crippen LogP contribution in [0.5, 0.6) is 0 Å². The number of aliphatic hydroxyl groups is 1. The molecule has 5 rings (SSSR count). The molecule has 1 aliphatic heterocycles. The van der Waals surface area contributed by atoms with E-state index in [-0.39, 0.29) is 33.9 Å². The number of benzene rings is 3. The number of para-hydroxylation sites is 2. The van der Waals surface area contributed by atoms with E-state index in [2.05, 4.69) is 20.9 Å². The van der Waals surface area contributed by atoms with E-state index < -0.39 is 58.0 Å². The average molecular weight is 719 g/mol. The molecule has 1 fully saturated rings. The maximum Gasteiger partial charge on any atom is 0.333 e. The van der Waals surface area contributed by atoms with Crippen LogP contribution in [0, 0.1) is 11.8 Å². The summed E-state index contributed by atoms with van der Waals surface area (Å²) in [5, 5.41) is 19.3. The summed E-state index contributed by atoms with van der Waals surface area (Å²) in [7, 11) is -4.08. The van der Waals surface area contributed by atoms with E-state index in [0.29, 0.717) is 30.5 Å². The Labute approximate surface area is 296 Å². The van der Waals surface area contributed by atoms with Crippen molar-refractivity contribution < 1.29 is 37.1 Å². The van der Waals surface area contributed by atoms with Crippen molar-refractivity contribution in [3.05, 3.63) is 90.3 Å². The molecule has 2 heterocycles. The summed E-state index contributed by atoms with van der Waals surface area (Å²) in [5.41, 5.74) is 1.53. The molecular formula is C36H42N6O8S. The molecule has 1 aromatic heterocycles. The number of urea groups is 1. The molecule has 5 amide bonds. The number of hydrogen-bond acceptors (Lipinski definition) is 9. The van der Waals surface area contributed by atoms with Crippen molar-refractivity contribution in [3.63, 3.8) is 0 Å². The van der Waals surface area contributed by atoms with Gasteiger partial charge in [0.25, 0.3) is 15.9 Å². The number of fused-ring (bicyclic) bond motifs is 1. The van der Waals surface area contributed by atoms with Crippen LogP contribution in [-0.4, -0.2) is 71.8 Å². The molecule has 4 atom stereocenters. The van der Waals surface area contributed by atoms with Crippen molar-refractivity contribution in [2.24, 2.45) is 11.8 Å². The maximum absolute atomic E-state index is 13.9. The van der Waals surface area contributed by atoms with Gasteiger partial charge >= 0.3 is 6.03 Å². The number of hydrogen-bond donors (Lipinski definition) is 5. The van der Waals surface area contributed by atoms with E-state index in [1.54, 1.807) is 38.1 Å². The molecule has 0 bridgehead atoms. The Kier molecular flexibility index (Phi) is 11.4. The molecule has 0 spiro atoms. The first-order valence-electron chi connectivity index (χ1n) is 16.7. The summed E-state index contributed by atoms with van der Waals surface area (Å²) in [6.07, 6.45) is -0.237. The number of carbonyl (C=O) groups is 4. The van der Waals surface area contributed by atoms with E-state index >= 15 is 0 Å². The highest BCUT2D eigenvalue weighted by molar-refractivity contribution is 7.90. The lowest BCUT2D eigenvalue weighted by atomic mass is 9.97. The summed E-state index contributed by atoms with van der Waals surface area (Å²) in [5.74, 6) is -1.83. The topological polar surface area (TPSA) is 200 Å². The van der Waals surface area contributed by atoms with Crippen molar-refractivity contribution in [2.45, 2.75) is 69.7 Å². The minimum absolute atomic E-state index is 0.0719. The molecule has 0 saturated carbocycles. The van der Waals surface area contributed by atoms with Gasteiger partial charge < -0.3 is 30.4 Å². The predicted octanol–water partition coefficient (Wildman–Crippen LogP) is 3.96. The number of rotatable bonds is 12. The minimum Gasteiger partial charge on any atom is -0.438 e. The van der Waals surface area contributed by atoms with Crippen LogP contribution in [0.2, 0.25) is 0 Å². The number of sulfonamides is 1. The second-order valence-electron chi connectivity index (χ2n) is 13.1. The Hall–Kier alpha value is -5.28. The van der Waals surface area contributed by atoms with Crippen LogP contribution in [0.15, 0.2) is 88.2 Å². The molecule has 0 aliphatic carbocycles. The number of amides is 5. The normalized spacial score (nSPS) is 16.5. The zero-order valence-corrected chi connectivity index (χ0v) is 29.5. The molecular weight excluding hydrogens is 676 g/mol. The Morgan fingerprint density at radius 1 is 0.882 bits per heavy atom. The SMILES string of the molecule is CC(C)[C@H](NC(=O)[C@@H]1CCCN1C(=O)[C@@H](NC(=O)c1ccc(NC(=O)NS(=O)(=O)c2ccccc2)cc1)C(C)C)C(O)c1nc2ccccc2o1. The number of aliphatic hydroxyl groups excluding tert-OH is 1. The number of anilines is 1. The van der Waals surface area contributed by atoms with Crippen LogP contribution in [0.25, 0.3) is 11.1 Å². The van der Waals surface area contributed by atoms with Crippen LogP contribution in [0.1, 0.15) is 62.9 Å². The smallest absolute Gasteiger partial charge is 0.333 e. The summed E-state index contributed by atoms with van der Waals surface area (Å²) in [6.45, 7) is 7.60. The number of nitrogens with zero attached hydrogens (tertiary/aromatic N) is 2. The van der Waals surface area contributed by atoms with Gasteiger partial charge in [-0.15, -0.1) is 0 Å². The second kappa shape index (κ2) is 15.7. The van der Waals surface area contributed by atoms with Gasteiger partial charge in [0.15, 0.2) is 11.7 Å². The first-order valence-corrected chi connectivity index (χ1v) is 18.2. The van der Waals surface area contributed by atoms with Crippen LogP contribution in [0.4, 0.5) is 10.5 Å². The first-order chi connectivity index (χ1) is 24.2. The first kappa shape index (κ1) is 37.0. The molecule has 3 aromatic carbocycles. The molecule has 1 saturated heterocycles. The predicted molar refractivity (Wildman–Crippen MR) is 189 cm³/mol. The third-order valence-electron chi connectivity index (χ3n) is 8.67.